The number of aromatic hydroxyl groups is 1. The zero-order valence-electron chi connectivity index (χ0n) is 18.0. The van der Waals surface area contributed by atoms with E-state index in [-0.39, 0.29) is 17.3 Å². The van der Waals surface area contributed by atoms with E-state index in [0.717, 1.165) is 44.0 Å². The van der Waals surface area contributed by atoms with Gasteiger partial charge in [-0.05, 0) is 48.0 Å². The highest BCUT2D eigenvalue weighted by Gasteiger charge is 2.33. The number of H-pyrrole nitrogens is 1. The number of hydrogen-bond donors (Lipinski definition) is 2. The maximum Gasteiger partial charge on any atom is 0.416 e. The largest absolute Gasteiger partial charge is 0.494 e. The number of benzene rings is 3. The van der Waals surface area contributed by atoms with Gasteiger partial charge in [-0.15, -0.1) is 0 Å². The molecule has 0 unspecified atom stereocenters. The van der Waals surface area contributed by atoms with Crippen molar-refractivity contribution in [3.8, 4) is 17.7 Å². The second-order valence-electron chi connectivity index (χ2n) is 7.80. The zero-order chi connectivity index (χ0) is 24.6. The third-order valence-electron chi connectivity index (χ3n) is 5.44. The second-order valence-corrected chi connectivity index (χ2v) is 9.95. The fourth-order valence-corrected chi connectivity index (χ4v) is 5.59. The van der Waals surface area contributed by atoms with Crippen LogP contribution >= 0.6 is 23.1 Å². The monoisotopic (exact) mass is 510 g/mol. The molecule has 35 heavy (non-hydrogen) atoms. The van der Waals surface area contributed by atoms with E-state index in [2.05, 4.69) is 16.8 Å². The molecule has 0 saturated carbocycles. The number of halogens is 3. The van der Waals surface area contributed by atoms with Crippen molar-refractivity contribution in [2.45, 2.75) is 22.4 Å². The van der Waals surface area contributed by atoms with Crippen LogP contribution in [-0.4, -0.2) is 16.6 Å². The summed E-state index contributed by atoms with van der Waals surface area (Å²) in [7, 11) is 0. The topological polar surface area (TPSA) is 56.3 Å². The number of rotatable bonds is 3. The van der Waals surface area contributed by atoms with Gasteiger partial charge in [0.15, 0.2) is 0 Å². The summed E-state index contributed by atoms with van der Waals surface area (Å²) in [6, 6.07) is 18.8. The molecule has 9 heteroatoms. The van der Waals surface area contributed by atoms with Gasteiger partial charge in [0.2, 0.25) is 5.88 Å². The predicted molar refractivity (Wildman–Crippen MR) is 132 cm³/mol. The maximum absolute atomic E-state index is 13.4. The van der Waals surface area contributed by atoms with Gasteiger partial charge in [0.05, 0.1) is 28.4 Å². The van der Waals surface area contributed by atoms with E-state index in [0.29, 0.717) is 17.0 Å². The Hall–Kier alpha value is -3.61. The lowest BCUT2D eigenvalue weighted by atomic mass is 10.1. The summed E-state index contributed by atoms with van der Waals surface area (Å²) in [5, 5.41) is 9.75. The summed E-state index contributed by atoms with van der Waals surface area (Å²) in [6.45, 7) is 0.221. The molecule has 0 atom stereocenters. The van der Waals surface area contributed by atoms with Crippen LogP contribution in [0.5, 0.6) is 5.88 Å². The normalized spacial score (nSPS) is 12.5. The van der Waals surface area contributed by atoms with Gasteiger partial charge in [-0.25, -0.2) is 0 Å². The van der Waals surface area contributed by atoms with Crippen LogP contribution in [0.4, 0.5) is 24.5 Å². The third-order valence-corrected chi connectivity index (χ3v) is 7.44. The van der Waals surface area contributed by atoms with Crippen molar-refractivity contribution >= 4 is 34.5 Å². The molecule has 1 aromatic heterocycles. The van der Waals surface area contributed by atoms with Gasteiger partial charge in [-0.3, -0.25) is 9.78 Å². The predicted octanol–water partition coefficient (Wildman–Crippen LogP) is 6.41. The molecule has 0 bridgehead atoms. The minimum atomic E-state index is -4.43. The highest BCUT2D eigenvalue weighted by atomic mass is 32.2. The van der Waals surface area contributed by atoms with Gasteiger partial charge in [-0.2, -0.15) is 13.2 Å². The van der Waals surface area contributed by atoms with Gasteiger partial charge in [0.1, 0.15) is 0 Å². The Balaban J connectivity index is 1.39. The molecule has 1 aliphatic heterocycles. The molecule has 0 radical (unpaired) electrons. The minimum Gasteiger partial charge on any atom is -0.494 e. The molecule has 0 fully saturated rings. The number of thiazole rings is 1. The molecule has 2 heterocycles. The number of alkyl halides is 3. The summed E-state index contributed by atoms with van der Waals surface area (Å²) in [6.07, 6.45) is -4.01. The number of aromatic nitrogens is 1. The summed E-state index contributed by atoms with van der Waals surface area (Å²) in [5.74, 6) is 6.06. The van der Waals surface area contributed by atoms with Gasteiger partial charge in [0.25, 0.3) is 0 Å². The molecule has 5 rings (SSSR count). The lowest BCUT2D eigenvalue weighted by Gasteiger charge is -2.31. The van der Waals surface area contributed by atoms with E-state index in [1.54, 1.807) is 0 Å². The van der Waals surface area contributed by atoms with E-state index < -0.39 is 11.7 Å². The summed E-state index contributed by atoms with van der Waals surface area (Å²) in [5.41, 5.74) is 2.28. The van der Waals surface area contributed by atoms with Crippen LogP contribution in [0.25, 0.3) is 0 Å². The van der Waals surface area contributed by atoms with Crippen molar-refractivity contribution < 1.29 is 18.3 Å². The standard InChI is InChI=1S/C26H17F3N2O2S2/c27-26(28,29)18-11-12-22-20(15-18)31(19-5-1-2-6-21(19)34-22)13-3-4-16-7-9-17(10-8-16)14-23-24(32)30-25(33)35-23/h1-2,5-12,15,32H,13-14H2,(H,30,33). The second kappa shape index (κ2) is 9.21. The summed E-state index contributed by atoms with van der Waals surface area (Å²) in [4.78, 5) is 17.5. The third kappa shape index (κ3) is 4.94. The van der Waals surface area contributed by atoms with E-state index in [1.165, 1.54) is 23.9 Å². The van der Waals surface area contributed by atoms with Crippen LogP contribution in [0.2, 0.25) is 0 Å². The smallest absolute Gasteiger partial charge is 0.416 e. The highest BCUT2D eigenvalue weighted by molar-refractivity contribution is 7.99. The summed E-state index contributed by atoms with van der Waals surface area (Å²) < 4.78 is 40.1. The fraction of sp³-hybridized carbons (Fsp3) is 0.115. The van der Waals surface area contributed by atoms with Gasteiger partial charge in [0, 0.05) is 21.8 Å². The molecule has 0 amide bonds. The summed E-state index contributed by atoms with van der Waals surface area (Å²) >= 11 is 2.41. The Labute approximate surface area is 207 Å². The molecule has 4 aromatic rings. The number of para-hydroxylation sites is 1. The molecular formula is C26H17F3N2O2S2. The molecular weight excluding hydrogens is 493 g/mol. The number of nitrogens with one attached hydrogen (secondary N) is 1. The van der Waals surface area contributed by atoms with Gasteiger partial charge in [-0.1, -0.05) is 59.2 Å². The quantitative estimate of drug-likeness (QED) is 0.313. The Morgan fingerprint density at radius 2 is 1.71 bits per heavy atom. The van der Waals surface area contributed by atoms with Crippen molar-refractivity contribution in [1.82, 2.24) is 4.98 Å². The lowest BCUT2D eigenvalue weighted by Crippen LogP contribution is -2.21. The van der Waals surface area contributed by atoms with Crippen LogP contribution in [0, 0.1) is 11.8 Å². The molecule has 1 aliphatic rings. The van der Waals surface area contributed by atoms with E-state index in [9.17, 15) is 23.1 Å². The van der Waals surface area contributed by atoms with E-state index in [4.69, 9.17) is 0 Å². The van der Waals surface area contributed by atoms with Crippen molar-refractivity contribution in [1.29, 1.82) is 0 Å². The van der Waals surface area contributed by atoms with Crippen LogP contribution < -0.4 is 9.77 Å². The van der Waals surface area contributed by atoms with Crippen LogP contribution in [-0.2, 0) is 12.6 Å². The first-order valence-electron chi connectivity index (χ1n) is 10.5. The Bertz CT molecular complexity index is 1510. The van der Waals surface area contributed by atoms with Crippen LogP contribution in [0.1, 0.15) is 21.6 Å². The molecule has 0 saturated heterocycles. The minimum absolute atomic E-state index is 0.113. The highest BCUT2D eigenvalue weighted by Crippen LogP contribution is 2.49. The van der Waals surface area contributed by atoms with Crippen molar-refractivity contribution in [2.24, 2.45) is 0 Å². The Morgan fingerprint density at radius 3 is 2.43 bits per heavy atom. The average Bonchev–Trinajstić information content (AvgIpc) is 3.15. The van der Waals surface area contributed by atoms with Crippen LogP contribution in [0.3, 0.4) is 0 Å². The molecule has 4 nitrogen and oxygen atoms in total. The first kappa shape index (κ1) is 23.1. The fourth-order valence-electron chi connectivity index (χ4n) is 3.76. The SMILES string of the molecule is O=c1[nH]c(O)c(Cc2ccc(C#CCN3c4ccccc4Sc4ccc(C(F)(F)F)cc43)cc2)s1. The number of anilines is 2. The van der Waals surface area contributed by atoms with Gasteiger partial charge >= 0.3 is 11.0 Å². The van der Waals surface area contributed by atoms with E-state index >= 15 is 0 Å². The van der Waals surface area contributed by atoms with Gasteiger partial charge < -0.3 is 10.0 Å². The number of fused-ring (bicyclic) bond motifs is 2. The van der Waals surface area contributed by atoms with E-state index in [1.807, 2.05) is 53.4 Å². The number of aromatic amines is 1. The Kier molecular flexibility index (Phi) is 6.09. The average molecular weight is 511 g/mol. The number of nitrogens with zero attached hydrogens (tertiary/aromatic N) is 1. The maximum atomic E-state index is 13.4. The number of hydrogen-bond acceptors (Lipinski definition) is 5. The Morgan fingerprint density at radius 1 is 0.971 bits per heavy atom. The molecule has 176 valence electrons. The first-order valence-corrected chi connectivity index (χ1v) is 12.2. The molecule has 0 spiro atoms. The molecule has 3 aromatic carbocycles. The van der Waals surface area contributed by atoms with Crippen molar-refractivity contribution in [3.05, 3.63) is 98.0 Å². The van der Waals surface area contributed by atoms with Crippen molar-refractivity contribution in [2.75, 3.05) is 11.4 Å². The molecule has 0 aliphatic carbocycles. The molecule has 2 N–H and O–H groups in total. The zero-order valence-corrected chi connectivity index (χ0v) is 19.7. The van der Waals surface area contributed by atoms with Crippen LogP contribution in [0.15, 0.2) is 81.3 Å². The lowest BCUT2D eigenvalue weighted by molar-refractivity contribution is -0.137. The first-order chi connectivity index (χ1) is 16.8. The van der Waals surface area contributed by atoms with Crippen molar-refractivity contribution in [3.63, 3.8) is 0 Å².